The highest BCUT2D eigenvalue weighted by atomic mass is 16.5. The Labute approximate surface area is 130 Å². The number of rotatable bonds is 2. The third kappa shape index (κ3) is 1.76. The molecule has 0 aliphatic heterocycles. The van der Waals surface area contributed by atoms with Crippen LogP contribution in [0.3, 0.4) is 0 Å². The van der Waals surface area contributed by atoms with Gasteiger partial charge in [0.25, 0.3) is 0 Å². The molecule has 4 nitrogen and oxygen atoms in total. The minimum Gasteiger partial charge on any atom is -0.460 e. The molecular formula is C18H20N2O2. The molecule has 114 valence electrons. The standard InChI is InChI=1S/C18H20N2O2/c1-4-22-18(21)17-19-15-14-7-10(2)5-6-13(14)11-8-12(9-11)16(15)20(17)3/h5-7,11-12H,4,8-9H2,1-3H3. The van der Waals surface area contributed by atoms with Gasteiger partial charge < -0.3 is 9.30 Å². The highest BCUT2D eigenvalue weighted by Gasteiger charge is 2.41. The van der Waals surface area contributed by atoms with Gasteiger partial charge in [0.15, 0.2) is 0 Å². The van der Waals surface area contributed by atoms with Crippen molar-refractivity contribution >= 4 is 5.97 Å². The molecule has 0 spiro atoms. The Morgan fingerprint density at radius 3 is 2.86 bits per heavy atom. The van der Waals surface area contributed by atoms with E-state index in [4.69, 9.17) is 4.74 Å². The van der Waals surface area contributed by atoms with E-state index in [0.717, 1.165) is 18.5 Å². The monoisotopic (exact) mass is 296 g/mol. The molecule has 0 unspecified atom stereocenters. The molecule has 3 aliphatic carbocycles. The van der Waals surface area contributed by atoms with Crippen LogP contribution in [0.15, 0.2) is 18.2 Å². The van der Waals surface area contributed by atoms with Crippen LogP contribution in [-0.4, -0.2) is 22.1 Å². The van der Waals surface area contributed by atoms with Gasteiger partial charge >= 0.3 is 5.97 Å². The van der Waals surface area contributed by atoms with Crippen LogP contribution in [0.1, 0.15) is 59.0 Å². The summed E-state index contributed by atoms with van der Waals surface area (Å²) >= 11 is 0. The van der Waals surface area contributed by atoms with E-state index in [-0.39, 0.29) is 5.97 Å². The van der Waals surface area contributed by atoms with Crippen LogP contribution < -0.4 is 0 Å². The first kappa shape index (κ1) is 13.6. The lowest BCUT2D eigenvalue weighted by Crippen LogP contribution is -2.21. The summed E-state index contributed by atoms with van der Waals surface area (Å²) < 4.78 is 7.11. The van der Waals surface area contributed by atoms with Crippen LogP contribution in [0.5, 0.6) is 0 Å². The quantitative estimate of drug-likeness (QED) is 0.796. The predicted octanol–water partition coefficient (Wildman–Crippen LogP) is 3.55. The molecule has 1 aromatic carbocycles. The van der Waals surface area contributed by atoms with Crippen molar-refractivity contribution in [3.05, 3.63) is 40.8 Å². The minimum absolute atomic E-state index is 0.330. The van der Waals surface area contributed by atoms with E-state index in [1.54, 1.807) is 0 Å². The maximum Gasteiger partial charge on any atom is 0.374 e. The summed E-state index contributed by atoms with van der Waals surface area (Å²) in [5.41, 5.74) is 5.99. The number of hydrogen-bond donors (Lipinski definition) is 0. The van der Waals surface area contributed by atoms with Crippen LogP contribution in [0.4, 0.5) is 0 Å². The van der Waals surface area contributed by atoms with Gasteiger partial charge in [-0.1, -0.05) is 17.7 Å². The summed E-state index contributed by atoms with van der Waals surface area (Å²) in [5, 5.41) is 0. The lowest BCUT2D eigenvalue weighted by molar-refractivity contribution is 0.0507. The lowest BCUT2D eigenvalue weighted by Gasteiger charge is -2.34. The summed E-state index contributed by atoms with van der Waals surface area (Å²) in [7, 11) is 1.94. The smallest absolute Gasteiger partial charge is 0.374 e. The van der Waals surface area contributed by atoms with Crippen molar-refractivity contribution in [3.63, 3.8) is 0 Å². The van der Waals surface area contributed by atoms with E-state index < -0.39 is 0 Å². The van der Waals surface area contributed by atoms with Gasteiger partial charge in [-0.05, 0) is 44.2 Å². The molecule has 1 heterocycles. The van der Waals surface area contributed by atoms with Gasteiger partial charge in [-0.15, -0.1) is 0 Å². The largest absolute Gasteiger partial charge is 0.460 e. The second kappa shape index (κ2) is 4.70. The molecular weight excluding hydrogens is 276 g/mol. The number of imidazole rings is 1. The van der Waals surface area contributed by atoms with Gasteiger partial charge in [0, 0.05) is 24.2 Å². The van der Waals surface area contributed by atoms with Gasteiger partial charge in [0.2, 0.25) is 5.82 Å². The molecule has 0 amide bonds. The minimum atomic E-state index is -0.330. The molecule has 2 bridgehead atoms. The van der Waals surface area contributed by atoms with Crippen LogP contribution in [-0.2, 0) is 11.8 Å². The first-order chi connectivity index (χ1) is 10.6. The van der Waals surface area contributed by atoms with Crippen LogP contribution >= 0.6 is 0 Å². The fourth-order valence-corrected chi connectivity index (χ4v) is 3.88. The first-order valence-electron chi connectivity index (χ1n) is 7.94. The molecule has 0 saturated heterocycles. The molecule has 2 aromatic rings. The number of aryl methyl sites for hydroxylation is 1. The molecule has 22 heavy (non-hydrogen) atoms. The third-order valence-electron chi connectivity index (χ3n) is 5.03. The Morgan fingerprint density at radius 1 is 1.36 bits per heavy atom. The second-order valence-electron chi connectivity index (χ2n) is 6.40. The van der Waals surface area contributed by atoms with Gasteiger partial charge in [-0.25, -0.2) is 9.78 Å². The molecule has 4 heteroatoms. The average Bonchev–Trinajstić information content (AvgIpc) is 2.64. The van der Waals surface area contributed by atoms with Crippen molar-refractivity contribution in [2.24, 2.45) is 7.05 Å². The molecule has 3 aliphatic rings. The molecule has 1 aromatic heterocycles. The number of carbonyl (C=O) groups is 1. The SMILES string of the molecule is CCOC(=O)c1nc2c(n1C)C1CC(C1)c1ccc(C)cc1-2. The Morgan fingerprint density at radius 2 is 2.14 bits per heavy atom. The number of carbonyl (C=O) groups excluding carboxylic acids is 1. The van der Waals surface area contributed by atoms with E-state index in [0.29, 0.717) is 24.3 Å². The average molecular weight is 296 g/mol. The molecule has 5 rings (SSSR count). The topological polar surface area (TPSA) is 44.1 Å². The fraction of sp³-hybridized carbons (Fsp3) is 0.444. The second-order valence-corrected chi connectivity index (χ2v) is 6.40. The zero-order chi connectivity index (χ0) is 15.4. The number of esters is 1. The molecule has 1 fully saturated rings. The molecule has 0 N–H and O–H groups in total. The van der Waals surface area contributed by atoms with E-state index in [1.165, 1.54) is 22.4 Å². The number of ether oxygens (including phenoxy) is 1. The Hall–Kier alpha value is -2.10. The highest BCUT2D eigenvalue weighted by Crippen LogP contribution is 2.55. The Kier molecular flexibility index (Phi) is 2.90. The first-order valence-corrected chi connectivity index (χ1v) is 7.94. The molecule has 0 atom stereocenters. The van der Waals surface area contributed by atoms with Crippen LogP contribution in [0.2, 0.25) is 0 Å². The van der Waals surface area contributed by atoms with Gasteiger partial charge in [0.1, 0.15) is 0 Å². The maximum atomic E-state index is 12.2. The Balaban J connectivity index is 1.93. The van der Waals surface area contributed by atoms with Gasteiger partial charge in [-0.3, -0.25) is 0 Å². The zero-order valence-corrected chi connectivity index (χ0v) is 13.2. The van der Waals surface area contributed by atoms with Gasteiger partial charge in [-0.2, -0.15) is 0 Å². The number of benzene rings is 1. The number of aromatic nitrogens is 2. The molecule has 1 saturated carbocycles. The van der Waals surface area contributed by atoms with Crippen molar-refractivity contribution in [1.29, 1.82) is 0 Å². The van der Waals surface area contributed by atoms with Crippen LogP contribution in [0.25, 0.3) is 11.3 Å². The Bertz CT molecular complexity index is 770. The maximum absolute atomic E-state index is 12.2. The summed E-state index contributed by atoms with van der Waals surface area (Å²) in [6.07, 6.45) is 2.32. The zero-order valence-electron chi connectivity index (χ0n) is 13.2. The van der Waals surface area contributed by atoms with Gasteiger partial charge in [0.05, 0.1) is 12.3 Å². The van der Waals surface area contributed by atoms with Crippen molar-refractivity contribution in [2.45, 2.75) is 38.5 Å². The van der Waals surface area contributed by atoms with Crippen molar-refractivity contribution in [1.82, 2.24) is 9.55 Å². The van der Waals surface area contributed by atoms with E-state index in [1.807, 2.05) is 18.5 Å². The summed E-state index contributed by atoms with van der Waals surface area (Å²) in [6, 6.07) is 6.61. The highest BCUT2D eigenvalue weighted by molar-refractivity contribution is 5.88. The fourth-order valence-electron chi connectivity index (χ4n) is 3.88. The predicted molar refractivity (Wildman–Crippen MR) is 84.1 cm³/mol. The summed E-state index contributed by atoms with van der Waals surface area (Å²) in [6.45, 7) is 4.29. The summed E-state index contributed by atoms with van der Waals surface area (Å²) in [4.78, 5) is 16.8. The van der Waals surface area contributed by atoms with Crippen molar-refractivity contribution < 1.29 is 9.53 Å². The summed E-state index contributed by atoms with van der Waals surface area (Å²) in [5.74, 6) is 1.24. The van der Waals surface area contributed by atoms with Crippen LogP contribution in [0, 0.1) is 6.92 Å². The van der Waals surface area contributed by atoms with E-state index in [9.17, 15) is 4.79 Å². The normalized spacial score (nSPS) is 21.4. The number of hydrogen-bond acceptors (Lipinski definition) is 3. The number of nitrogens with zero attached hydrogens (tertiary/aromatic N) is 2. The van der Waals surface area contributed by atoms with Crippen molar-refractivity contribution in [2.75, 3.05) is 6.61 Å². The van der Waals surface area contributed by atoms with E-state index >= 15 is 0 Å². The van der Waals surface area contributed by atoms with Crippen molar-refractivity contribution in [3.8, 4) is 11.3 Å². The molecule has 0 radical (unpaired) electrons. The van der Waals surface area contributed by atoms with E-state index in [2.05, 4.69) is 30.1 Å². The third-order valence-corrected chi connectivity index (χ3v) is 5.03. The lowest BCUT2D eigenvalue weighted by atomic mass is 9.71.